The van der Waals surface area contributed by atoms with Crippen LogP contribution in [0.15, 0.2) is 18.3 Å². The fourth-order valence-electron chi connectivity index (χ4n) is 1.87. The van der Waals surface area contributed by atoms with Gasteiger partial charge in [0.25, 0.3) is 5.91 Å². The number of hydrogen-bond acceptors (Lipinski definition) is 5. The molecule has 0 radical (unpaired) electrons. The summed E-state index contributed by atoms with van der Waals surface area (Å²) in [6.07, 6.45) is 3.24. The molecule has 1 atom stereocenters. The van der Waals surface area contributed by atoms with Crippen LogP contribution >= 0.6 is 0 Å². The van der Waals surface area contributed by atoms with Gasteiger partial charge in [0, 0.05) is 26.1 Å². The fourth-order valence-corrected chi connectivity index (χ4v) is 1.87. The lowest BCUT2D eigenvalue weighted by atomic mass is 9.99. The number of aromatic nitrogens is 1. The van der Waals surface area contributed by atoms with Crippen LogP contribution in [-0.2, 0) is 4.74 Å². The number of nitrogens with zero attached hydrogens (tertiary/aromatic N) is 1. The first-order chi connectivity index (χ1) is 10.5. The molecule has 0 spiro atoms. The molecule has 6 heteroatoms. The van der Waals surface area contributed by atoms with E-state index in [0.717, 1.165) is 12.8 Å². The van der Waals surface area contributed by atoms with Gasteiger partial charge in [0.15, 0.2) is 0 Å². The molecule has 0 aliphatic carbocycles. The summed E-state index contributed by atoms with van der Waals surface area (Å²) in [6.45, 7) is 8.30. The van der Waals surface area contributed by atoms with Gasteiger partial charge in [-0.05, 0) is 32.4 Å². The van der Waals surface area contributed by atoms with Gasteiger partial charge in [-0.3, -0.25) is 4.79 Å². The van der Waals surface area contributed by atoms with E-state index in [4.69, 9.17) is 15.2 Å². The molecular formula is C16H27N3O3. The second-order valence-electron chi connectivity index (χ2n) is 5.28. The van der Waals surface area contributed by atoms with Crippen molar-refractivity contribution in [1.82, 2.24) is 10.3 Å². The van der Waals surface area contributed by atoms with Gasteiger partial charge in [0.1, 0.15) is 17.0 Å². The van der Waals surface area contributed by atoms with Crippen LogP contribution in [0, 0.1) is 0 Å². The lowest BCUT2D eigenvalue weighted by Crippen LogP contribution is -2.33. The maximum absolute atomic E-state index is 11.7. The van der Waals surface area contributed by atoms with Gasteiger partial charge in [-0.2, -0.15) is 0 Å². The summed E-state index contributed by atoms with van der Waals surface area (Å²) < 4.78 is 11.4. The molecule has 0 aliphatic rings. The highest BCUT2D eigenvalue weighted by atomic mass is 16.5. The number of carbonyl (C=O) groups excluding carboxylic acids is 1. The van der Waals surface area contributed by atoms with Crippen LogP contribution in [0.2, 0.25) is 0 Å². The smallest absolute Gasteiger partial charge is 0.269 e. The summed E-state index contributed by atoms with van der Waals surface area (Å²) in [6, 6.07) is 3.42. The summed E-state index contributed by atoms with van der Waals surface area (Å²) in [5, 5.41) is 2.68. The molecular weight excluding hydrogens is 282 g/mol. The molecule has 3 N–H and O–H groups in total. The van der Waals surface area contributed by atoms with Crippen molar-refractivity contribution >= 4 is 5.91 Å². The number of amides is 1. The van der Waals surface area contributed by atoms with Crippen LogP contribution in [0.1, 0.15) is 44.1 Å². The van der Waals surface area contributed by atoms with E-state index in [1.807, 2.05) is 13.8 Å². The third-order valence-corrected chi connectivity index (χ3v) is 3.49. The number of carbonyl (C=O) groups is 1. The van der Waals surface area contributed by atoms with Crippen LogP contribution < -0.4 is 15.8 Å². The molecule has 0 fully saturated rings. The first kappa shape index (κ1) is 18.4. The minimum absolute atomic E-state index is 0.230. The van der Waals surface area contributed by atoms with E-state index >= 15 is 0 Å². The van der Waals surface area contributed by atoms with Crippen LogP contribution in [0.3, 0.4) is 0 Å². The van der Waals surface area contributed by atoms with E-state index in [1.165, 1.54) is 0 Å². The SMILES string of the molecule is CCOCCC(C)(CC)Oc1ccc(C(=O)NCCN)nc1. The molecule has 1 aromatic heterocycles. The van der Waals surface area contributed by atoms with Crippen molar-refractivity contribution in [2.45, 2.75) is 39.2 Å². The Labute approximate surface area is 132 Å². The molecule has 0 aromatic carbocycles. The third kappa shape index (κ3) is 5.99. The summed E-state index contributed by atoms with van der Waals surface area (Å²) in [4.78, 5) is 15.9. The zero-order valence-electron chi connectivity index (χ0n) is 13.7. The average molecular weight is 309 g/mol. The van der Waals surface area contributed by atoms with E-state index < -0.39 is 0 Å². The topological polar surface area (TPSA) is 86.5 Å². The maximum atomic E-state index is 11.7. The van der Waals surface area contributed by atoms with Crippen LogP contribution in [0.5, 0.6) is 5.75 Å². The Morgan fingerprint density at radius 2 is 2.18 bits per heavy atom. The molecule has 0 bridgehead atoms. The molecule has 6 nitrogen and oxygen atoms in total. The zero-order valence-corrected chi connectivity index (χ0v) is 13.7. The van der Waals surface area contributed by atoms with Crippen LogP contribution in [-0.4, -0.2) is 42.8 Å². The molecule has 1 amide bonds. The number of rotatable bonds is 10. The zero-order chi connectivity index (χ0) is 16.4. The van der Waals surface area contributed by atoms with Crippen LogP contribution in [0.25, 0.3) is 0 Å². The summed E-state index contributed by atoms with van der Waals surface area (Å²) in [5.41, 5.74) is 5.40. The van der Waals surface area contributed by atoms with Gasteiger partial charge in [-0.1, -0.05) is 6.92 Å². The minimum Gasteiger partial charge on any atom is -0.486 e. The van der Waals surface area contributed by atoms with Crippen molar-refractivity contribution in [3.8, 4) is 5.75 Å². The fraction of sp³-hybridized carbons (Fsp3) is 0.625. The Balaban J connectivity index is 2.63. The van der Waals surface area contributed by atoms with Gasteiger partial charge in [-0.15, -0.1) is 0 Å². The quantitative estimate of drug-likeness (QED) is 0.643. The van der Waals surface area contributed by atoms with E-state index in [-0.39, 0.29) is 11.5 Å². The number of pyridine rings is 1. The Bertz CT molecular complexity index is 450. The molecule has 1 heterocycles. The first-order valence-electron chi connectivity index (χ1n) is 7.75. The normalized spacial score (nSPS) is 13.5. The van der Waals surface area contributed by atoms with Gasteiger partial charge < -0.3 is 20.5 Å². The summed E-state index contributed by atoms with van der Waals surface area (Å²) >= 11 is 0. The van der Waals surface area contributed by atoms with Gasteiger partial charge >= 0.3 is 0 Å². The Hall–Kier alpha value is -1.66. The summed E-state index contributed by atoms with van der Waals surface area (Å²) in [5.74, 6) is 0.419. The molecule has 22 heavy (non-hydrogen) atoms. The Morgan fingerprint density at radius 1 is 1.41 bits per heavy atom. The van der Waals surface area contributed by atoms with Crippen molar-refractivity contribution in [2.75, 3.05) is 26.3 Å². The van der Waals surface area contributed by atoms with E-state index in [1.54, 1.807) is 18.3 Å². The van der Waals surface area contributed by atoms with Crippen molar-refractivity contribution < 1.29 is 14.3 Å². The Morgan fingerprint density at radius 3 is 2.73 bits per heavy atom. The lowest BCUT2D eigenvalue weighted by Gasteiger charge is -2.29. The number of nitrogens with two attached hydrogens (primary N) is 1. The molecule has 0 saturated carbocycles. The van der Waals surface area contributed by atoms with Crippen molar-refractivity contribution in [3.05, 3.63) is 24.0 Å². The van der Waals surface area contributed by atoms with Gasteiger partial charge in [-0.25, -0.2) is 4.98 Å². The monoisotopic (exact) mass is 309 g/mol. The molecule has 1 unspecified atom stereocenters. The standard InChI is InChI=1S/C16H27N3O3/c1-4-16(3,8-11-21-5-2)22-13-6-7-14(19-12-13)15(20)18-10-9-17/h6-7,12H,4-5,8-11,17H2,1-3H3,(H,18,20). The number of hydrogen-bond donors (Lipinski definition) is 2. The largest absolute Gasteiger partial charge is 0.486 e. The highest BCUT2D eigenvalue weighted by molar-refractivity contribution is 5.92. The second kappa shape index (κ2) is 9.38. The first-order valence-corrected chi connectivity index (χ1v) is 7.75. The molecule has 0 aliphatic heterocycles. The van der Waals surface area contributed by atoms with E-state index in [0.29, 0.717) is 37.7 Å². The van der Waals surface area contributed by atoms with Gasteiger partial charge in [0.2, 0.25) is 0 Å². The highest BCUT2D eigenvalue weighted by Gasteiger charge is 2.24. The molecule has 124 valence electrons. The molecule has 0 saturated heterocycles. The number of nitrogens with one attached hydrogen (secondary N) is 1. The average Bonchev–Trinajstić information content (AvgIpc) is 2.53. The third-order valence-electron chi connectivity index (χ3n) is 3.49. The number of ether oxygens (including phenoxy) is 2. The lowest BCUT2D eigenvalue weighted by molar-refractivity contribution is 0.0340. The second-order valence-corrected chi connectivity index (χ2v) is 5.28. The molecule has 1 aromatic rings. The predicted octanol–water partition coefficient (Wildman–Crippen LogP) is 1.74. The van der Waals surface area contributed by atoms with Crippen LogP contribution in [0.4, 0.5) is 0 Å². The molecule has 1 rings (SSSR count). The predicted molar refractivity (Wildman–Crippen MR) is 86.1 cm³/mol. The van der Waals surface area contributed by atoms with Crippen molar-refractivity contribution in [3.63, 3.8) is 0 Å². The highest BCUT2D eigenvalue weighted by Crippen LogP contribution is 2.24. The Kier molecular flexibility index (Phi) is 7.84. The summed E-state index contributed by atoms with van der Waals surface area (Å²) in [7, 11) is 0. The van der Waals surface area contributed by atoms with E-state index in [2.05, 4.69) is 17.2 Å². The van der Waals surface area contributed by atoms with Crippen molar-refractivity contribution in [1.29, 1.82) is 0 Å². The van der Waals surface area contributed by atoms with Gasteiger partial charge in [0.05, 0.1) is 12.8 Å². The van der Waals surface area contributed by atoms with Crippen molar-refractivity contribution in [2.24, 2.45) is 5.73 Å². The maximum Gasteiger partial charge on any atom is 0.269 e. The van der Waals surface area contributed by atoms with E-state index in [9.17, 15) is 4.79 Å². The minimum atomic E-state index is -0.305.